The molecule has 0 radical (unpaired) electrons. The second-order valence-electron chi connectivity index (χ2n) is 5.76. The maximum atomic E-state index is 12.7. The number of nitrogens with one attached hydrogen (secondary N) is 1. The van der Waals surface area contributed by atoms with Crippen molar-refractivity contribution in [2.45, 2.75) is 35.5 Å². The highest BCUT2D eigenvalue weighted by molar-refractivity contribution is 7.91. The molecule has 2 aromatic carbocycles. The molecule has 1 saturated heterocycles. The van der Waals surface area contributed by atoms with Gasteiger partial charge in [0.25, 0.3) is 0 Å². The van der Waals surface area contributed by atoms with E-state index in [1.807, 2.05) is 31.2 Å². The predicted octanol–water partition coefficient (Wildman–Crippen LogP) is 3.16. The van der Waals surface area contributed by atoms with Gasteiger partial charge in [-0.2, -0.15) is 0 Å². The monoisotopic (exact) mass is 315 g/mol. The number of hydrogen-bond donors (Lipinski definition) is 1. The van der Waals surface area contributed by atoms with E-state index in [9.17, 15) is 8.42 Å². The number of sulfone groups is 1. The quantitative estimate of drug-likeness (QED) is 0.942. The fourth-order valence-corrected chi connectivity index (χ4v) is 4.26. The van der Waals surface area contributed by atoms with Crippen LogP contribution in [0.3, 0.4) is 0 Å². The molecule has 1 fully saturated rings. The minimum absolute atomic E-state index is 0.371. The molecule has 22 heavy (non-hydrogen) atoms. The first kappa shape index (κ1) is 15.3. The Balaban J connectivity index is 1.91. The number of rotatable bonds is 4. The third kappa shape index (κ3) is 2.94. The van der Waals surface area contributed by atoms with Crippen molar-refractivity contribution >= 4 is 9.84 Å². The Bertz CT molecular complexity index is 745. The molecule has 4 heteroatoms. The van der Waals surface area contributed by atoms with Gasteiger partial charge < -0.3 is 5.32 Å². The van der Waals surface area contributed by atoms with E-state index in [0.717, 1.165) is 31.5 Å². The zero-order valence-corrected chi connectivity index (χ0v) is 13.6. The summed E-state index contributed by atoms with van der Waals surface area (Å²) in [7, 11) is -3.43. The molecule has 1 atom stereocenters. The summed E-state index contributed by atoms with van der Waals surface area (Å²) in [5.41, 5.74) is 2.25. The van der Waals surface area contributed by atoms with Gasteiger partial charge in [-0.25, -0.2) is 8.42 Å². The summed E-state index contributed by atoms with van der Waals surface area (Å²) in [6, 6.07) is 14.6. The summed E-state index contributed by atoms with van der Waals surface area (Å²) in [4.78, 5) is 0.748. The molecule has 2 aromatic rings. The van der Waals surface area contributed by atoms with Crippen LogP contribution in [0.25, 0.3) is 0 Å². The number of aryl methyl sites for hydroxylation is 1. The number of benzene rings is 2. The Morgan fingerprint density at radius 2 is 1.86 bits per heavy atom. The van der Waals surface area contributed by atoms with Gasteiger partial charge >= 0.3 is 0 Å². The van der Waals surface area contributed by atoms with Gasteiger partial charge in [-0.3, -0.25) is 0 Å². The minimum atomic E-state index is -3.43. The Hall–Kier alpha value is -1.65. The normalized spacial score (nSPS) is 18.5. The molecule has 3 rings (SSSR count). The molecule has 0 aromatic heterocycles. The predicted molar refractivity (Wildman–Crippen MR) is 87.9 cm³/mol. The molecule has 0 amide bonds. The number of hydrogen-bond acceptors (Lipinski definition) is 3. The third-order valence-electron chi connectivity index (χ3n) is 4.34. The van der Waals surface area contributed by atoms with Crippen LogP contribution >= 0.6 is 0 Å². The van der Waals surface area contributed by atoms with Crippen LogP contribution in [0.4, 0.5) is 0 Å². The van der Waals surface area contributed by atoms with Crippen LogP contribution in [0.15, 0.2) is 58.3 Å². The topological polar surface area (TPSA) is 46.2 Å². The molecule has 0 bridgehead atoms. The fraction of sp³-hybridized carbons (Fsp3) is 0.333. The zero-order valence-electron chi connectivity index (χ0n) is 12.7. The third-order valence-corrected chi connectivity index (χ3v) is 6.11. The van der Waals surface area contributed by atoms with Crippen molar-refractivity contribution < 1.29 is 8.42 Å². The summed E-state index contributed by atoms with van der Waals surface area (Å²) in [6.45, 7) is 4.04. The lowest BCUT2D eigenvalue weighted by atomic mass is 9.99. The van der Waals surface area contributed by atoms with Crippen LogP contribution < -0.4 is 5.32 Å². The van der Waals surface area contributed by atoms with E-state index < -0.39 is 9.84 Å². The lowest BCUT2D eigenvalue weighted by Gasteiger charge is -2.10. The van der Waals surface area contributed by atoms with E-state index in [2.05, 4.69) is 5.32 Å². The minimum Gasteiger partial charge on any atom is -0.316 e. The van der Waals surface area contributed by atoms with Crippen LogP contribution in [0.2, 0.25) is 0 Å². The Morgan fingerprint density at radius 3 is 2.50 bits per heavy atom. The van der Waals surface area contributed by atoms with Crippen molar-refractivity contribution in [1.82, 2.24) is 5.32 Å². The Kier molecular flexibility index (Phi) is 4.32. The second kappa shape index (κ2) is 6.23. The first-order valence-electron chi connectivity index (χ1n) is 7.76. The van der Waals surface area contributed by atoms with Crippen LogP contribution in [0, 0.1) is 0 Å². The van der Waals surface area contributed by atoms with E-state index in [1.54, 1.807) is 24.3 Å². The summed E-state index contributed by atoms with van der Waals surface area (Å²) in [5.74, 6) is 0.500. The van der Waals surface area contributed by atoms with Crippen LogP contribution in [0.5, 0.6) is 0 Å². The van der Waals surface area contributed by atoms with Crippen molar-refractivity contribution in [3.63, 3.8) is 0 Å². The van der Waals surface area contributed by atoms with Crippen molar-refractivity contribution in [1.29, 1.82) is 0 Å². The van der Waals surface area contributed by atoms with E-state index in [0.29, 0.717) is 15.7 Å². The van der Waals surface area contributed by atoms with Gasteiger partial charge in [0.1, 0.15) is 0 Å². The van der Waals surface area contributed by atoms with Gasteiger partial charge in [0.05, 0.1) is 9.79 Å². The van der Waals surface area contributed by atoms with Crippen molar-refractivity contribution in [3.05, 3.63) is 59.7 Å². The van der Waals surface area contributed by atoms with Crippen LogP contribution in [-0.2, 0) is 16.3 Å². The molecule has 3 nitrogen and oxygen atoms in total. The van der Waals surface area contributed by atoms with Gasteiger partial charge in [0, 0.05) is 6.54 Å². The van der Waals surface area contributed by atoms with Gasteiger partial charge in [0.2, 0.25) is 9.84 Å². The van der Waals surface area contributed by atoms with Crippen LogP contribution in [0.1, 0.15) is 30.4 Å². The van der Waals surface area contributed by atoms with E-state index >= 15 is 0 Å². The molecule has 1 N–H and O–H groups in total. The van der Waals surface area contributed by atoms with Crippen molar-refractivity contribution in [3.8, 4) is 0 Å². The summed E-state index contributed by atoms with van der Waals surface area (Å²) >= 11 is 0. The lowest BCUT2D eigenvalue weighted by molar-refractivity contribution is 0.596. The summed E-state index contributed by atoms with van der Waals surface area (Å²) in [6.07, 6.45) is 1.95. The largest absolute Gasteiger partial charge is 0.316 e. The highest BCUT2D eigenvalue weighted by atomic mass is 32.2. The average Bonchev–Trinajstić information content (AvgIpc) is 3.09. The molecule has 1 aliphatic rings. The molecule has 116 valence electrons. The lowest BCUT2D eigenvalue weighted by Crippen LogP contribution is -2.08. The average molecular weight is 315 g/mol. The van der Waals surface area contributed by atoms with Gasteiger partial charge in [-0.15, -0.1) is 0 Å². The summed E-state index contributed by atoms with van der Waals surface area (Å²) < 4.78 is 25.4. The molecule has 0 spiro atoms. The molecular formula is C18H21NO2S. The fourth-order valence-electron chi connectivity index (χ4n) is 2.93. The maximum absolute atomic E-state index is 12.7. The SMILES string of the molecule is CCc1cccc(S(=O)(=O)c2ccc(C3CCNC3)cc2)c1. The Labute approximate surface area is 132 Å². The van der Waals surface area contributed by atoms with E-state index in [1.165, 1.54) is 5.56 Å². The molecular weight excluding hydrogens is 294 g/mol. The van der Waals surface area contributed by atoms with Gasteiger partial charge in [0.15, 0.2) is 0 Å². The van der Waals surface area contributed by atoms with E-state index in [-0.39, 0.29) is 0 Å². The first-order valence-corrected chi connectivity index (χ1v) is 9.24. The van der Waals surface area contributed by atoms with Gasteiger partial charge in [-0.05, 0) is 60.7 Å². The molecule has 1 heterocycles. The van der Waals surface area contributed by atoms with Crippen LogP contribution in [-0.4, -0.2) is 21.5 Å². The van der Waals surface area contributed by atoms with E-state index in [4.69, 9.17) is 0 Å². The Morgan fingerprint density at radius 1 is 1.09 bits per heavy atom. The standard InChI is InChI=1S/C18H21NO2S/c1-2-14-4-3-5-18(12-14)22(20,21)17-8-6-15(7-9-17)16-10-11-19-13-16/h3-9,12,16,19H,2,10-11,13H2,1H3. The highest BCUT2D eigenvalue weighted by Gasteiger charge is 2.20. The summed E-state index contributed by atoms with van der Waals surface area (Å²) in [5, 5.41) is 3.34. The second-order valence-corrected chi connectivity index (χ2v) is 7.71. The molecule has 1 aliphatic heterocycles. The highest BCUT2D eigenvalue weighted by Crippen LogP contribution is 2.26. The van der Waals surface area contributed by atoms with Crippen molar-refractivity contribution in [2.75, 3.05) is 13.1 Å². The zero-order chi connectivity index (χ0) is 15.6. The molecule has 0 saturated carbocycles. The molecule has 1 unspecified atom stereocenters. The van der Waals surface area contributed by atoms with Gasteiger partial charge in [-0.1, -0.05) is 31.2 Å². The van der Waals surface area contributed by atoms with Crippen molar-refractivity contribution in [2.24, 2.45) is 0 Å². The molecule has 0 aliphatic carbocycles. The smallest absolute Gasteiger partial charge is 0.206 e. The first-order chi connectivity index (χ1) is 10.6. The maximum Gasteiger partial charge on any atom is 0.206 e.